The lowest BCUT2D eigenvalue weighted by molar-refractivity contribution is 0.455. The summed E-state index contributed by atoms with van der Waals surface area (Å²) in [7, 11) is 0. The molecule has 110 valence electrons. The maximum absolute atomic E-state index is 11.5. The fraction of sp³-hybridized carbons (Fsp3) is 0.571. The monoisotopic (exact) mass is 294 g/mol. The molecule has 0 aromatic carbocycles. The summed E-state index contributed by atoms with van der Waals surface area (Å²) in [6, 6.07) is 5.23. The molecule has 0 atom stereocenters. The summed E-state index contributed by atoms with van der Waals surface area (Å²) in [6.45, 7) is 3.48. The standard InChI is InChI=1S/C14H22N4OS/c15-14(18-9-11-20-12-10-18)16-6-2-4-8-17-7-3-1-5-13(17)19/h1,3,5,7H,2,4,6,8-12H2,(H2,15,16). The summed E-state index contributed by atoms with van der Waals surface area (Å²) < 4.78 is 1.73. The van der Waals surface area contributed by atoms with Gasteiger partial charge in [-0.1, -0.05) is 6.07 Å². The van der Waals surface area contributed by atoms with Gasteiger partial charge in [0.1, 0.15) is 0 Å². The van der Waals surface area contributed by atoms with Crippen molar-refractivity contribution in [1.82, 2.24) is 9.47 Å². The molecule has 2 N–H and O–H groups in total. The average Bonchev–Trinajstić information content (AvgIpc) is 2.49. The molecule has 1 aromatic rings. The molecule has 1 saturated heterocycles. The molecular formula is C14H22N4OS. The van der Waals surface area contributed by atoms with Crippen LogP contribution in [-0.2, 0) is 6.54 Å². The maximum Gasteiger partial charge on any atom is 0.250 e. The highest BCUT2D eigenvalue weighted by Crippen LogP contribution is 2.08. The van der Waals surface area contributed by atoms with Gasteiger partial charge in [0.05, 0.1) is 0 Å². The molecular weight excluding hydrogens is 272 g/mol. The van der Waals surface area contributed by atoms with Crippen LogP contribution in [-0.4, -0.2) is 46.6 Å². The van der Waals surface area contributed by atoms with Crippen molar-refractivity contribution in [1.29, 1.82) is 0 Å². The van der Waals surface area contributed by atoms with Gasteiger partial charge in [-0.2, -0.15) is 11.8 Å². The summed E-state index contributed by atoms with van der Waals surface area (Å²) >= 11 is 1.96. The van der Waals surface area contributed by atoms with Crippen molar-refractivity contribution in [2.45, 2.75) is 19.4 Å². The second kappa shape index (κ2) is 7.99. The number of unbranched alkanes of at least 4 members (excludes halogenated alkanes) is 1. The van der Waals surface area contributed by atoms with E-state index >= 15 is 0 Å². The Kier molecular flexibility index (Phi) is 5.98. The van der Waals surface area contributed by atoms with Gasteiger partial charge in [-0.3, -0.25) is 9.79 Å². The Bertz CT molecular complexity index is 494. The third-order valence-electron chi connectivity index (χ3n) is 3.32. The summed E-state index contributed by atoms with van der Waals surface area (Å²) in [6.07, 6.45) is 3.71. The number of aromatic nitrogens is 1. The van der Waals surface area contributed by atoms with Crippen LogP contribution in [0.2, 0.25) is 0 Å². The third kappa shape index (κ3) is 4.59. The van der Waals surface area contributed by atoms with Crippen molar-refractivity contribution in [2.75, 3.05) is 31.1 Å². The summed E-state index contributed by atoms with van der Waals surface area (Å²) in [5.41, 5.74) is 6.03. The number of aryl methyl sites for hydroxylation is 1. The predicted octanol–water partition coefficient (Wildman–Crippen LogP) is 0.992. The first-order chi connectivity index (χ1) is 9.77. The lowest BCUT2D eigenvalue weighted by Crippen LogP contribution is -2.42. The number of pyridine rings is 1. The highest BCUT2D eigenvalue weighted by atomic mass is 32.2. The van der Waals surface area contributed by atoms with Crippen molar-refractivity contribution in [3.05, 3.63) is 34.7 Å². The highest BCUT2D eigenvalue weighted by molar-refractivity contribution is 7.99. The first-order valence-corrected chi connectivity index (χ1v) is 8.21. The Labute approximate surface area is 123 Å². The van der Waals surface area contributed by atoms with Crippen molar-refractivity contribution in [2.24, 2.45) is 10.7 Å². The van der Waals surface area contributed by atoms with Gasteiger partial charge in [0.15, 0.2) is 5.96 Å². The zero-order chi connectivity index (χ0) is 14.2. The first kappa shape index (κ1) is 15.0. The van der Waals surface area contributed by atoms with E-state index in [0.29, 0.717) is 5.96 Å². The second-order valence-electron chi connectivity index (χ2n) is 4.78. The normalized spacial score (nSPS) is 16.4. The first-order valence-electron chi connectivity index (χ1n) is 7.05. The van der Waals surface area contributed by atoms with E-state index in [1.807, 2.05) is 24.0 Å². The Morgan fingerprint density at radius 3 is 2.85 bits per heavy atom. The molecule has 1 aliphatic rings. The number of hydrogen-bond acceptors (Lipinski definition) is 3. The fourth-order valence-corrected chi connectivity index (χ4v) is 3.03. The third-order valence-corrected chi connectivity index (χ3v) is 4.26. The molecule has 20 heavy (non-hydrogen) atoms. The molecule has 1 aromatic heterocycles. The van der Waals surface area contributed by atoms with Crippen LogP contribution >= 0.6 is 11.8 Å². The van der Waals surface area contributed by atoms with Gasteiger partial charge in [0, 0.05) is 49.9 Å². The zero-order valence-electron chi connectivity index (χ0n) is 11.7. The minimum absolute atomic E-state index is 0.0568. The SMILES string of the molecule is NC(=NCCCCn1ccccc1=O)N1CCSCC1. The van der Waals surface area contributed by atoms with Gasteiger partial charge in [-0.15, -0.1) is 0 Å². The number of guanidine groups is 1. The van der Waals surface area contributed by atoms with Crippen LogP contribution < -0.4 is 11.3 Å². The lowest BCUT2D eigenvalue weighted by Gasteiger charge is -2.27. The van der Waals surface area contributed by atoms with E-state index in [2.05, 4.69) is 9.89 Å². The van der Waals surface area contributed by atoms with Gasteiger partial charge < -0.3 is 15.2 Å². The fourth-order valence-electron chi connectivity index (χ4n) is 2.13. The molecule has 0 aliphatic carbocycles. The second-order valence-corrected chi connectivity index (χ2v) is 6.00. The molecule has 1 fully saturated rings. The lowest BCUT2D eigenvalue weighted by atomic mass is 10.3. The van der Waals surface area contributed by atoms with E-state index in [-0.39, 0.29) is 5.56 Å². The molecule has 1 aliphatic heterocycles. The zero-order valence-corrected chi connectivity index (χ0v) is 12.5. The number of nitrogens with zero attached hydrogens (tertiary/aromatic N) is 3. The molecule has 0 radical (unpaired) electrons. The van der Waals surface area contributed by atoms with Crippen molar-refractivity contribution in [3.8, 4) is 0 Å². The van der Waals surface area contributed by atoms with Crippen LogP contribution in [0.3, 0.4) is 0 Å². The number of hydrogen-bond donors (Lipinski definition) is 1. The Morgan fingerprint density at radius 1 is 1.30 bits per heavy atom. The van der Waals surface area contributed by atoms with E-state index in [1.54, 1.807) is 16.7 Å². The van der Waals surface area contributed by atoms with E-state index in [4.69, 9.17) is 5.73 Å². The number of aliphatic imine (C=N–C) groups is 1. The minimum Gasteiger partial charge on any atom is -0.370 e. The molecule has 0 spiro atoms. The summed E-state index contributed by atoms with van der Waals surface area (Å²) in [5.74, 6) is 2.93. The summed E-state index contributed by atoms with van der Waals surface area (Å²) in [5, 5.41) is 0. The van der Waals surface area contributed by atoms with Crippen LogP contribution in [0, 0.1) is 0 Å². The van der Waals surface area contributed by atoms with Crippen molar-refractivity contribution >= 4 is 17.7 Å². The van der Waals surface area contributed by atoms with Crippen molar-refractivity contribution in [3.63, 3.8) is 0 Å². The van der Waals surface area contributed by atoms with Crippen LogP contribution in [0.25, 0.3) is 0 Å². The molecule has 6 heteroatoms. The number of rotatable bonds is 5. The largest absolute Gasteiger partial charge is 0.370 e. The summed E-state index contributed by atoms with van der Waals surface area (Å²) in [4.78, 5) is 18.1. The molecule has 0 amide bonds. The van der Waals surface area contributed by atoms with E-state index in [0.717, 1.165) is 50.5 Å². The topological polar surface area (TPSA) is 63.6 Å². The average molecular weight is 294 g/mol. The van der Waals surface area contributed by atoms with E-state index in [9.17, 15) is 4.79 Å². The van der Waals surface area contributed by atoms with E-state index in [1.165, 1.54) is 0 Å². The van der Waals surface area contributed by atoms with Crippen LogP contribution in [0.5, 0.6) is 0 Å². The molecule has 0 unspecified atom stereocenters. The Balaban J connectivity index is 1.68. The Hall–Kier alpha value is -1.43. The van der Waals surface area contributed by atoms with Gasteiger partial charge >= 0.3 is 0 Å². The van der Waals surface area contributed by atoms with Gasteiger partial charge in [-0.05, 0) is 18.9 Å². The smallest absolute Gasteiger partial charge is 0.250 e. The van der Waals surface area contributed by atoms with Gasteiger partial charge in [0.2, 0.25) is 5.56 Å². The van der Waals surface area contributed by atoms with Crippen LogP contribution in [0.15, 0.2) is 34.2 Å². The predicted molar refractivity (Wildman–Crippen MR) is 85.3 cm³/mol. The highest BCUT2D eigenvalue weighted by Gasteiger charge is 2.11. The maximum atomic E-state index is 11.5. The van der Waals surface area contributed by atoms with Crippen molar-refractivity contribution < 1.29 is 0 Å². The molecule has 2 heterocycles. The number of thioether (sulfide) groups is 1. The Morgan fingerprint density at radius 2 is 2.10 bits per heavy atom. The number of nitrogens with two attached hydrogens (primary N) is 1. The minimum atomic E-state index is 0.0568. The molecule has 0 saturated carbocycles. The van der Waals surface area contributed by atoms with Crippen LogP contribution in [0.4, 0.5) is 0 Å². The van der Waals surface area contributed by atoms with Gasteiger partial charge in [-0.25, -0.2) is 0 Å². The van der Waals surface area contributed by atoms with Gasteiger partial charge in [0.25, 0.3) is 0 Å². The molecule has 2 rings (SSSR count). The molecule has 0 bridgehead atoms. The van der Waals surface area contributed by atoms with E-state index < -0.39 is 0 Å². The molecule has 5 nitrogen and oxygen atoms in total. The van der Waals surface area contributed by atoms with Crippen LogP contribution in [0.1, 0.15) is 12.8 Å². The quantitative estimate of drug-likeness (QED) is 0.500.